The lowest BCUT2D eigenvalue weighted by molar-refractivity contribution is 0.102. The van der Waals surface area contributed by atoms with Crippen LogP contribution >= 0.6 is 0 Å². The standard InChI is InChI=1S/C7H12O2.C6H10O3/c1(2-6-4-8-6)3-7-5-9-7;1(5-3-8-5)7-2-6-4-9-6/h6-7H,1-5H2;5-6H,1-4H2. The largest absolute Gasteiger partial charge is 0.376 e. The summed E-state index contributed by atoms with van der Waals surface area (Å²) < 4.78 is 25.3. The summed E-state index contributed by atoms with van der Waals surface area (Å²) in [6, 6.07) is 0. The Balaban J connectivity index is 0.000000111. The van der Waals surface area contributed by atoms with Crippen LogP contribution in [0.25, 0.3) is 0 Å². The molecule has 0 aromatic rings. The van der Waals surface area contributed by atoms with E-state index in [2.05, 4.69) is 0 Å². The predicted octanol–water partition coefficient (Wildman–Crippen LogP) is 0.755. The Kier molecular flexibility index (Phi) is 4.49. The molecule has 0 aliphatic carbocycles. The minimum absolute atomic E-state index is 0.392. The molecule has 4 aliphatic heterocycles. The van der Waals surface area contributed by atoms with Crippen molar-refractivity contribution >= 4 is 0 Å². The average Bonchev–Trinajstić information content (AvgIpc) is 3.21. The van der Waals surface area contributed by atoms with Crippen molar-refractivity contribution < 1.29 is 23.7 Å². The van der Waals surface area contributed by atoms with E-state index in [4.69, 9.17) is 23.7 Å². The fraction of sp³-hybridized carbons (Fsp3) is 1.00. The van der Waals surface area contributed by atoms with Crippen LogP contribution in [0.5, 0.6) is 0 Å². The third-order valence-corrected chi connectivity index (χ3v) is 3.27. The van der Waals surface area contributed by atoms with Gasteiger partial charge in [-0.15, -0.1) is 0 Å². The Bertz CT molecular complexity index is 194. The van der Waals surface area contributed by atoms with Crippen LogP contribution in [0.3, 0.4) is 0 Å². The maximum Gasteiger partial charge on any atom is 0.104 e. The predicted molar refractivity (Wildman–Crippen MR) is 63.6 cm³/mol. The second-order valence-corrected chi connectivity index (χ2v) is 5.29. The van der Waals surface area contributed by atoms with Crippen LogP contribution in [0.1, 0.15) is 19.3 Å². The molecular weight excluding hydrogens is 236 g/mol. The SMILES string of the molecule is C(CC1CO1)CC1CO1.C(OCC1CO1)C1CO1. The zero-order valence-electron chi connectivity index (χ0n) is 10.7. The van der Waals surface area contributed by atoms with Crippen molar-refractivity contribution in [3.05, 3.63) is 0 Å². The van der Waals surface area contributed by atoms with Crippen LogP contribution in [0.15, 0.2) is 0 Å². The summed E-state index contributed by atoms with van der Waals surface area (Å²) >= 11 is 0. The number of epoxide rings is 4. The first-order valence-electron chi connectivity index (χ1n) is 6.94. The molecule has 5 heteroatoms. The summed E-state index contributed by atoms with van der Waals surface area (Å²) in [4.78, 5) is 0. The van der Waals surface area contributed by atoms with Gasteiger partial charge in [-0.2, -0.15) is 0 Å². The van der Waals surface area contributed by atoms with E-state index in [-0.39, 0.29) is 0 Å². The lowest BCUT2D eigenvalue weighted by atomic mass is 10.2. The molecule has 0 aromatic heterocycles. The summed E-state index contributed by atoms with van der Waals surface area (Å²) in [6.07, 6.45) is 5.80. The molecule has 5 nitrogen and oxygen atoms in total. The first kappa shape index (κ1) is 12.8. The van der Waals surface area contributed by atoms with E-state index >= 15 is 0 Å². The fourth-order valence-corrected chi connectivity index (χ4v) is 1.70. The highest BCUT2D eigenvalue weighted by Crippen LogP contribution is 2.21. The first-order chi connectivity index (χ1) is 8.90. The van der Waals surface area contributed by atoms with Crippen LogP contribution in [-0.4, -0.2) is 64.1 Å². The molecule has 0 bridgehead atoms. The minimum Gasteiger partial charge on any atom is -0.376 e. The van der Waals surface area contributed by atoms with E-state index in [0.717, 1.165) is 39.6 Å². The van der Waals surface area contributed by atoms with Crippen molar-refractivity contribution in [2.75, 3.05) is 39.6 Å². The summed E-state index contributed by atoms with van der Waals surface area (Å²) in [6.45, 7) is 5.27. The van der Waals surface area contributed by atoms with Gasteiger partial charge in [-0.05, 0) is 19.3 Å². The van der Waals surface area contributed by atoms with Gasteiger partial charge in [0.1, 0.15) is 12.2 Å². The van der Waals surface area contributed by atoms with Gasteiger partial charge in [-0.1, -0.05) is 0 Å². The number of hydrogen-bond donors (Lipinski definition) is 0. The topological polar surface area (TPSA) is 59.4 Å². The van der Waals surface area contributed by atoms with E-state index in [9.17, 15) is 0 Å². The molecule has 0 N–H and O–H groups in total. The fourth-order valence-electron chi connectivity index (χ4n) is 1.70. The van der Waals surface area contributed by atoms with Crippen molar-refractivity contribution in [3.8, 4) is 0 Å². The highest BCUT2D eigenvalue weighted by molar-refractivity contribution is 4.73. The zero-order chi connectivity index (χ0) is 12.2. The lowest BCUT2D eigenvalue weighted by Gasteiger charge is -1.95. The summed E-state index contributed by atoms with van der Waals surface area (Å²) in [5, 5.41) is 0. The quantitative estimate of drug-likeness (QED) is 0.601. The molecule has 4 heterocycles. The molecule has 0 saturated carbocycles. The maximum atomic E-state index is 5.23. The Morgan fingerprint density at radius 2 is 1.06 bits per heavy atom. The van der Waals surface area contributed by atoms with Crippen LogP contribution in [0.4, 0.5) is 0 Å². The first-order valence-corrected chi connectivity index (χ1v) is 6.94. The minimum atomic E-state index is 0.392. The monoisotopic (exact) mass is 258 g/mol. The maximum absolute atomic E-state index is 5.23. The molecule has 18 heavy (non-hydrogen) atoms. The number of hydrogen-bond acceptors (Lipinski definition) is 5. The molecule has 0 spiro atoms. The van der Waals surface area contributed by atoms with E-state index in [1.165, 1.54) is 19.3 Å². The van der Waals surface area contributed by atoms with Crippen molar-refractivity contribution in [1.29, 1.82) is 0 Å². The molecule has 4 rings (SSSR count). The smallest absolute Gasteiger partial charge is 0.104 e. The molecule has 0 amide bonds. The van der Waals surface area contributed by atoms with Gasteiger partial charge in [0.05, 0.1) is 51.8 Å². The van der Waals surface area contributed by atoms with Crippen molar-refractivity contribution in [2.45, 2.75) is 43.7 Å². The van der Waals surface area contributed by atoms with Crippen LogP contribution in [-0.2, 0) is 23.7 Å². The molecule has 4 unspecified atom stereocenters. The Morgan fingerprint density at radius 3 is 1.39 bits per heavy atom. The van der Waals surface area contributed by atoms with Crippen molar-refractivity contribution in [2.24, 2.45) is 0 Å². The Labute approximate surface area is 108 Å². The Hall–Kier alpha value is -0.200. The second-order valence-electron chi connectivity index (χ2n) is 5.29. The van der Waals surface area contributed by atoms with Gasteiger partial charge in [0.15, 0.2) is 0 Å². The Morgan fingerprint density at radius 1 is 0.667 bits per heavy atom. The lowest BCUT2D eigenvalue weighted by Crippen LogP contribution is -2.06. The van der Waals surface area contributed by atoms with Crippen molar-refractivity contribution in [1.82, 2.24) is 0 Å². The van der Waals surface area contributed by atoms with Gasteiger partial charge in [-0.25, -0.2) is 0 Å². The summed E-state index contributed by atoms with van der Waals surface area (Å²) in [5.41, 5.74) is 0. The van der Waals surface area contributed by atoms with Gasteiger partial charge >= 0.3 is 0 Å². The zero-order valence-corrected chi connectivity index (χ0v) is 10.7. The van der Waals surface area contributed by atoms with Crippen LogP contribution < -0.4 is 0 Å². The highest BCUT2D eigenvalue weighted by atomic mass is 16.6. The normalized spacial score (nSPS) is 38.7. The molecule has 4 saturated heterocycles. The van der Waals surface area contributed by atoms with Gasteiger partial charge in [0, 0.05) is 0 Å². The third kappa shape index (κ3) is 6.11. The third-order valence-electron chi connectivity index (χ3n) is 3.27. The average molecular weight is 258 g/mol. The second kappa shape index (κ2) is 6.30. The molecule has 4 fully saturated rings. The molecule has 4 atom stereocenters. The molecule has 104 valence electrons. The van der Waals surface area contributed by atoms with E-state index in [0.29, 0.717) is 24.4 Å². The molecular formula is C13H22O5. The molecule has 0 radical (unpaired) electrons. The van der Waals surface area contributed by atoms with Crippen molar-refractivity contribution in [3.63, 3.8) is 0 Å². The van der Waals surface area contributed by atoms with Crippen LogP contribution in [0, 0.1) is 0 Å². The van der Waals surface area contributed by atoms with Gasteiger partial charge in [0.2, 0.25) is 0 Å². The summed E-state index contributed by atoms with van der Waals surface area (Å²) in [7, 11) is 0. The van der Waals surface area contributed by atoms with E-state index < -0.39 is 0 Å². The molecule has 4 aliphatic rings. The molecule has 0 aromatic carbocycles. The van der Waals surface area contributed by atoms with Gasteiger partial charge in [0.25, 0.3) is 0 Å². The van der Waals surface area contributed by atoms with E-state index in [1.54, 1.807) is 0 Å². The number of ether oxygens (including phenoxy) is 5. The van der Waals surface area contributed by atoms with Gasteiger partial charge in [-0.3, -0.25) is 0 Å². The highest BCUT2D eigenvalue weighted by Gasteiger charge is 2.26. The number of rotatable bonds is 8. The van der Waals surface area contributed by atoms with E-state index in [1.807, 2.05) is 0 Å². The summed E-state index contributed by atoms with van der Waals surface area (Å²) in [5.74, 6) is 0. The van der Waals surface area contributed by atoms with Crippen LogP contribution in [0.2, 0.25) is 0 Å². The van der Waals surface area contributed by atoms with Gasteiger partial charge < -0.3 is 23.7 Å².